The van der Waals surface area contributed by atoms with Crippen molar-refractivity contribution >= 4 is 23.2 Å². The van der Waals surface area contributed by atoms with E-state index in [0.29, 0.717) is 12.2 Å². The van der Waals surface area contributed by atoms with Gasteiger partial charge in [0.1, 0.15) is 6.07 Å². The van der Waals surface area contributed by atoms with Crippen molar-refractivity contribution in [3.63, 3.8) is 0 Å². The zero-order valence-electron chi connectivity index (χ0n) is 9.81. The van der Waals surface area contributed by atoms with Crippen LogP contribution in [0, 0.1) is 0 Å². The number of unbranched alkanes of at least 4 members (excludes halogenated alkanes) is 4. The lowest BCUT2D eigenvalue weighted by molar-refractivity contribution is 0.0709. The summed E-state index contributed by atoms with van der Waals surface area (Å²) in [6, 6.07) is 0.307. The van der Waals surface area contributed by atoms with Crippen LogP contribution in [0.2, 0.25) is 0 Å². The molecule has 0 amide bonds. The number of ether oxygens (including phenoxy) is 1. The zero-order chi connectivity index (χ0) is 11.4. The van der Waals surface area contributed by atoms with Crippen molar-refractivity contribution in [3.05, 3.63) is 0 Å². The molecule has 0 aliphatic rings. The van der Waals surface area contributed by atoms with Crippen molar-refractivity contribution in [2.75, 3.05) is 11.9 Å². The highest BCUT2D eigenvalue weighted by Crippen LogP contribution is 2.14. The van der Waals surface area contributed by atoms with E-state index in [1.165, 1.54) is 32.1 Å². The van der Waals surface area contributed by atoms with Crippen molar-refractivity contribution in [1.29, 1.82) is 0 Å². The lowest BCUT2D eigenvalue weighted by Gasteiger charge is -2.15. The molecule has 0 saturated heterocycles. The summed E-state index contributed by atoms with van der Waals surface area (Å²) in [4.78, 5) is 0. The molecule has 92 valence electrons. The number of halogens is 2. The van der Waals surface area contributed by atoms with Gasteiger partial charge in [-0.25, -0.2) is 0 Å². The standard InChI is InChI=1S/C12H24Cl2O/c1-2-3-4-5-6-8-12(15-11-14)9-7-10-13/h12H,2-11H2,1H3. The molecule has 0 aliphatic heterocycles. The highest BCUT2D eigenvalue weighted by Gasteiger charge is 2.07. The third kappa shape index (κ3) is 10.8. The van der Waals surface area contributed by atoms with Crippen LogP contribution in [-0.4, -0.2) is 18.1 Å². The first kappa shape index (κ1) is 15.5. The molecule has 1 unspecified atom stereocenters. The number of rotatable bonds is 11. The first-order chi connectivity index (χ1) is 7.35. The molecule has 0 aromatic rings. The molecule has 0 rings (SSSR count). The molecule has 0 spiro atoms. The van der Waals surface area contributed by atoms with E-state index < -0.39 is 0 Å². The van der Waals surface area contributed by atoms with Crippen molar-refractivity contribution in [1.82, 2.24) is 0 Å². The molecule has 0 aromatic heterocycles. The summed E-state index contributed by atoms with van der Waals surface area (Å²) in [5.41, 5.74) is 0. The molecular formula is C12H24Cl2O. The van der Waals surface area contributed by atoms with Gasteiger partial charge in [0.2, 0.25) is 0 Å². The smallest absolute Gasteiger partial charge is 0.121 e. The van der Waals surface area contributed by atoms with E-state index in [-0.39, 0.29) is 0 Å². The normalized spacial score (nSPS) is 13.0. The van der Waals surface area contributed by atoms with Crippen LogP contribution in [-0.2, 0) is 4.74 Å². The van der Waals surface area contributed by atoms with Crippen molar-refractivity contribution in [3.8, 4) is 0 Å². The Labute approximate surface area is 104 Å². The van der Waals surface area contributed by atoms with Crippen molar-refractivity contribution in [2.24, 2.45) is 0 Å². The molecule has 0 heterocycles. The summed E-state index contributed by atoms with van der Waals surface area (Å²) in [7, 11) is 0. The largest absolute Gasteiger partial charge is 0.363 e. The summed E-state index contributed by atoms with van der Waals surface area (Å²) < 4.78 is 5.46. The Balaban J connectivity index is 3.38. The molecule has 0 N–H and O–H groups in total. The monoisotopic (exact) mass is 254 g/mol. The molecule has 0 aliphatic carbocycles. The van der Waals surface area contributed by atoms with Crippen LogP contribution < -0.4 is 0 Å². The maximum Gasteiger partial charge on any atom is 0.121 e. The molecule has 15 heavy (non-hydrogen) atoms. The van der Waals surface area contributed by atoms with E-state index in [1.54, 1.807) is 0 Å². The van der Waals surface area contributed by atoms with Crippen LogP contribution in [0.15, 0.2) is 0 Å². The van der Waals surface area contributed by atoms with Gasteiger partial charge in [0, 0.05) is 5.88 Å². The molecular weight excluding hydrogens is 231 g/mol. The minimum atomic E-state index is 0.307. The predicted octanol–water partition coefficient (Wildman–Crippen LogP) is 4.95. The van der Waals surface area contributed by atoms with Crippen molar-refractivity contribution in [2.45, 2.75) is 64.4 Å². The third-order valence-electron chi connectivity index (χ3n) is 2.59. The molecule has 0 saturated carbocycles. The second kappa shape index (κ2) is 12.6. The lowest BCUT2D eigenvalue weighted by Crippen LogP contribution is -2.12. The number of hydrogen-bond acceptors (Lipinski definition) is 1. The van der Waals surface area contributed by atoms with Crippen molar-refractivity contribution < 1.29 is 4.74 Å². The van der Waals surface area contributed by atoms with Gasteiger partial charge in [-0.3, -0.25) is 0 Å². The molecule has 0 radical (unpaired) electrons. The van der Waals surface area contributed by atoms with E-state index in [2.05, 4.69) is 6.92 Å². The number of hydrogen-bond donors (Lipinski definition) is 0. The van der Waals surface area contributed by atoms with Crippen LogP contribution in [0.25, 0.3) is 0 Å². The summed E-state index contributed by atoms with van der Waals surface area (Å²) in [5.74, 6) is 0.720. The van der Waals surface area contributed by atoms with Crippen LogP contribution in [0.1, 0.15) is 58.3 Å². The van der Waals surface area contributed by atoms with Gasteiger partial charge in [-0.1, -0.05) is 50.6 Å². The van der Waals surface area contributed by atoms with Gasteiger partial charge >= 0.3 is 0 Å². The molecule has 0 aromatic carbocycles. The highest BCUT2D eigenvalue weighted by molar-refractivity contribution is 6.17. The second-order valence-corrected chi connectivity index (χ2v) is 4.53. The average Bonchev–Trinajstić information content (AvgIpc) is 2.25. The zero-order valence-corrected chi connectivity index (χ0v) is 11.3. The van der Waals surface area contributed by atoms with Crippen LogP contribution in [0.4, 0.5) is 0 Å². The SMILES string of the molecule is CCCCCCCC(CCCCl)OCCl. The molecule has 1 atom stereocenters. The Morgan fingerprint density at radius 1 is 0.933 bits per heavy atom. The summed E-state index contributed by atoms with van der Waals surface area (Å²) in [5, 5.41) is 0. The average molecular weight is 255 g/mol. The fourth-order valence-electron chi connectivity index (χ4n) is 1.68. The fourth-order valence-corrected chi connectivity index (χ4v) is 2.01. The Hall–Kier alpha value is 0.540. The minimum absolute atomic E-state index is 0.307. The topological polar surface area (TPSA) is 9.23 Å². The highest BCUT2D eigenvalue weighted by atomic mass is 35.5. The van der Waals surface area contributed by atoms with Gasteiger partial charge in [-0.05, 0) is 19.3 Å². The Kier molecular flexibility index (Phi) is 13.1. The summed E-state index contributed by atoms with van der Waals surface area (Å²) >= 11 is 11.2. The molecule has 1 nitrogen and oxygen atoms in total. The fraction of sp³-hybridized carbons (Fsp3) is 1.00. The van der Waals surface area contributed by atoms with E-state index in [1.807, 2.05) is 0 Å². The van der Waals surface area contributed by atoms with Crippen LogP contribution in [0.5, 0.6) is 0 Å². The van der Waals surface area contributed by atoms with Gasteiger partial charge in [-0.2, -0.15) is 0 Å². The van der Waals surface area contributed by atoms with E-state index >= 15 is 0 Å². The van der Waals surface area contributed by atoms with E-state index in [0.717, 1.165) is 25.1 Å². The molecule has 0 fully saturated rings. The first-order valence-corrected chi connectivity index (χ1v) is 7.15. The quantitative estimate of drug-likeness (QED) is 0.375. The second-order valence-electron chi connectivity index (χ2n) is 3.93. The Bertz CT molecular complexity index is 120. The first-order valence-electron chi connectivity index (χ1n) is 6.08. The summed E-state index contributed by atoms with van der Waals surface area (Å²) in [6.45, 7) is 2.24. The lowest BCUT2D eigenvalue weighted by atomic mass is 10.1. The Morgan fingerprint density at radius 2 is 1.60 bits per heavy atom. The minimum Gasteiger partial charge on any atom is -0.363 e. The maximum atomic E-state index is 5.66. The van der Waals surface area contributed by atoms with Gasteiger partial charge in [0.25, 0.3) is 0 Å². The maximum absolute atomic E-state index is 5.66. The summed E-state index contributed by atoms with van der Waals surface area (Å²) in [6.07, 6.45) is 10.1. The van der Waals surface area contributed by atoms with Crippen LogP contribution >= 0.6 is 23.2 Å². The van der Waals surface area contributed by atoms with E-state index in [4.69, 9.17) is 27.9 Å². The molecule has 0 bridgehead atoms. The van der Waals surface area contributed by atoms with Gasteiger partial charge in [0.15, 0.2) is 0 Å². The van der Waals surface area contributed by atoms with Crippen LogP contribution in [0.3, 0.4) is 0 Å². The third-order valence-corrected chi connectivity index (χ3v) is 2.98. The number of alkyl halides is 2. The predicted molar refractivity (Wildman–Crippen MR) is 68.9 cm³/mol. The molecule has 3 heteroatoms. The van der Waals surface area contributed by atoms with Gasteiger partial charge in [-0.15, -0.1) is 11.6 Å². The van der Waals surface area contributed by atoms with Gasteiger partial charge in [0.05, 0.1) is 6.10 Å². The van der Waals surface area contributed by atoms with Gasteiger partial charge < -0.3 is 4.74 Å². The van der Waals surface area contributed by atoms with E-state index in [9.17, 15) is 0 Å². The Morgan fingerprint density at radius 3 is 2.20 bits per heavy atom.